The quantitative estimate of drug-likeness (QED) is 0.529. The molecule has 0 amide bonds. The molecule has 4 rings (SSSR count). The van der Waals surface area contributed by atoms with Crippen molar-refractivity contribution in [2.45, 2.75) is 6.92 Å². The highest BCUT2D eigenvalue weighted by molar-refractivity contribution is 6.09. The number of rotatable bonds is 2. The van der Waals surface area contributed by atoms with Crippen LogP contribution in [0.5, 0.6) is 0 Å². The normalized spacial score (nSPS) is 11.4. The molecule has 4 nitrogen and oxygen atoms in total. The van der Waals surface area contributed by atoms with E-state index in [0.717, 1.165) is 33.9 Å². The molecule has 2 aromatic carbocycles. The second-order valence-electron chi connectivity index (χ2n) is 5.61. The van der Waals surface area contributed by atoms with Crippen LogP contribution in [0, 0.1) is 6.92 Å². The Bertz CT molecular complexity index is 1010. The minimum Gasteiger partial charge on any atom is -0.298 e. The number of aromatic nitrogens is 3. The van der Waals surface area contributed by atoms with Gasteiger partial charge in [0.15, 0.2) is 5.65 Å². The fourth-order valence-corrected chi connectivity index (χ4v) is 2.94. The summed E-state index contributed by atoms with van der Waals surface area (Å²) < 4.78 is 3.95. The number of benzene rings is 2. The van der Waals surface area contributed by atoms with Crippen LogP contribution < -0.4 is 0 Å². The van der Waals surface area contributed by atoms with Crippen LogP contribution in [0.1, 0.15) is 15.9 Å². The van der Waals surface area contributed by atoms with Crippen LogP contribution >= 0.6 is 0 Å². The van der Waals surface area contributed by atoms with Crippen molar-refractivity contribution in [3.63, 3.8) is 0 Å². The summed E-state index contributed by atoms with van der Waals surface area (Å²) in [5.41, 5.74) is 4.94. The fraction of sp³-hybridized carbons (Fsp3) is 0.111. The van der Waals surface area contributed by atoms with E-state index in [1.807, 2.05) is 36.1 Å². The minimum absolute atomic E-state index is 0.680. The number of hydrogen-bond donors (Lipinski definition) is 0. The molecule has 0 bridgehead atoms. The molecule has 0 unspecified atom stereocenters. The molecule has 4 aromatic rings. The lowest BCUT2D eigenvalue weighted by Gasteiger charge is -2.07. The second kappa shape index (κ2) is 4.56. The molecule has 2 heterocycles. The van der Waals surface area contributed by atoms with Gasteiger partial charge >= 0.3 is 0 Å². The van der Waals surface area contributed by atoms with Crippen LogP contribution in [-0.4, -0.2) is 20.6 Å². The van der Waals surface area contributed by atoms with Crippen LogP contribution in [-0.2, 0) is 7.05 Å². The van der Waals surface area contributed by atoms with E-state index in [4.69, 9.17) is 0 Å². The van der Waals surface area contributed by atoms with Crippen molar-refractivity contribution in [3.05, 3.63) is 59.8 Å². The maximum absolute atomic E-state index is 11.1. The predicted molar refractivity (Wildman–Crippen MR) is 87.7 cm³/mol. The van der Waals surface area contributed by atoms with Crippen molar-refractivity contribution >= 4 is 28.2 Å². The number of aryl methyl sites for hydroxylation is 2. The summed E-state index contributed by atoms with van der Waals surface area (Å²) in [5.74, 6) is 0. The van der Waals surface area contributed by atoms with Gasteiger partial charge in [-0.15, -0.1) is 0 Å². The minimum atomic E-state index is 0.680. The first-order valence-electron chi connectivity index (χ1n) is 7.17. The molecule has 2 aromatic heterocycles. The van der Waals surface area contributed by atoms with E-state index in [0.29, 0.717) is 5.56 Å². The Morgan fingerprint density at radius 3 is 2.55 bits per heavy atom. The summed E-state index contributed by atoms with van der Waals surface area (Å²) in [7, 11) is 1.91. The van der Waals surface area contributed by atoms with Gasteiger partial charge in [0.1, 0.15) is 6.29 Å². The molecule has 0 fully saturated rings. The Labute approximate surface area is 127 Å². The lowest BCUT2D eigenvalue weighted by atomic mass is 10.1. The first kappa shape index (κ1) is 12.8. The molecular weight excluding hydrogens is 274 g/mol. The van der Waals surface area contributed by atoms with E-state index in [9.17, 15) is 4.79 Å². The lowest BCUT2D eigenvalue weighted by Crippen LogP contribution is -1.97. The summed E-state index contributed by atoms with van der Waals surface area (Å²) in [4.78, 5) is 11.1. The molecule has 22 heavy (non-hydrogen) atoms. The number of hydrogen-bond acceptors (Lipinski definition) is 2. The van der Waals surface area contributed by atoms with E-state index < -0.39 is 0 Å². The molecule has 0 saturated heterocycles. The molecule has 4 heteroatoms. The van der Waals surface area contributed by atoms with Gasteiger partial charge in [-0.2, -0.15) is 5.10 Å². The van der Waals surface area contributed by atoms with Gasteiger partial charge in [-0.3, -0.25) is 14.0 Å². The average Bonchev–Trinajstić information content (AvgIpc) is 3.03. The third kappa shape index (κ3) is 1.77. The van der Waals surface area contributed by atoms with E-state index in [-0.39, 0.29) is 0 Å². The van der Waals surface area contributed by atoms with Gasteiger partial charge in [0.2, 0.25) is 0 Å². The Kier molecular flexibility index (Phi) is 2.66. The zero-order chi connectivity index (χ0) is 15.3. The fourth-order valence-electron chi connectivity index (χ4n) is 2.94. The van der Waals surface area contributed by atoms with Gasteiger partial charge in [0.25, 0.3) is 0 Å². The smallest absolute Gasteiger partial charge is 0.167 e. The number of carbonyl (C=O) groups excluding carboxylic acids is 1. The second-order valence-corrected chi connectivity index (χ2v) is 5.61. The highest BCUT2D eigenvalue weighted by atomic mass is 16.1. The highest BCUT2D eigenvalue weighted by Gasteiger charge is 2.15. The Morgan fingerprint density at radius 2 is 1.82 bits per heavy atom. The number of carbonyl (C=O) groups is 1. The van der Waals surface area contributed by atoms with Crippen LogP contribution in [0.25, 0.3) is 27.6 Å². The van der Waals surface area contributed by atoms with Gasteiger partial charge < -0.3 is 0 Å². The van der Waals surface area contributed by atoms with Gasteiger partial charge in [0, 0.05) is 35.3 Å². The van der Waals surface area contributed by atoms with E-state index in [1.54, 1.807) is 0 Å². The molecule has 0 saturated carbocycles. The number of aldehydes is 1. The summed E-state index contributed by atoms with van der Waals surface area (Å²) in [6.07, 6.45) is 2.88. The Balaban J connectivity index is 2.14. The largest absolute Gasteiger partial charge is 0.298 e. The molecule has 0 aliphatic rings. The molecular formula is C18H15N3O. The first-order chi connectivity index (χ1) is 10.7. The maximum Gasteiger partial charge on any atom is 0.167 e. The average molecular weight is 289 g/mol. The molecule has 108 valence electrons. The topological polar surface area (TPSA) is 39.8 Å². The standard InChI is InChI=1S/C18H15N3O/c1-12-3-6-14(7-4-12)21-17-8-5-13(11-22)9-15(17)16-10-20(2)19-18(16)21/h3-11H,1-2H3. The van der Waals surface area contributed by atoms with Gasteiger partial charge in [-0.25, -0.2) is 0 Å². The summed E-state index contributed by atoms with van der Waals surface area (Å²) in [6.45, 7) is 2.07. The van der Waals surface area contributed by atoms with Crippen molar-refractivity contribution in [2.24, 2.45) is 7.05 Å². The van der Waals surface area contributed by atoms with Crippen molar-refractivity contribution in [1.82, 2.24) is 14.3 Å². The summed E-state index contributed by atoms with van der Waals surface area (Å²) in [5, 5.41) is 6.70. The first-order valence-corrected chi connectivity index (χ1v) is 7.17. The zero-order valence-electron chi connectivity index (χ0n) is 12.4. The molecule has 0 radical (unpaired) electrons. The van der Waals surface area contributed by atoms with Crippen molar-refractivity contribution in [1.29, 1.82) is 0 Å². The highest BCUT2D eigenvalue weighted by Crippen LogP contribution is 2.31. The summed E-state index contributed by atoms with van der Waals surface area (Å²) in [6, 6.07) is 14.1. The lowest BCUT2D eigenvalue weighted by molar-refractivity contribution is 0.112. The molecule has 0 spiro atoms. The van der Waals surface area contributed by atoms with Crippen molar-refractivity contribution in [2.75, 3.05) is 0 Å². The third-order valence-electron chi connectivity index (χ3n) is 4.00. The van der Waals surface area contributed by atoms with Crippen LogP contribution in [0.3, 0.4) is 0 Å². The predicted octanol–water partition coefficient (Wildman–Crippen LogP) is 3.64. The monoisotopic (exact) mass is 289 g/mol. The molecule has 0 aliphatic heterocycles. The maximum atomic E-state index is 11.1. The number of fused-ring (bicyclic) bond motifs is 3. The van der Waals surface area contributed by atoms with Crippen molar-refractivity contribution < 1.29 is 4.79 Å². The third-order valence-corrected chi connectivity index (χ3v) is 4.00. The van der Waals surface area contributed by atoms with Gasteiger partial charge in [-0.1, -0.05) is 17.7 Å². The number of nitrogens with zero attached hydrogens (tertiary/aromatic N) is 3. The van der Waals surface area contributed by atoms with E-state index in [2.05, 4.69) is 40.9 Å². The Hall–Kier alpha value is -2.88. The summed E-state index contributed by atoms with van der Waals surface area (Å²) >= 11 is 0. The molecule has 0 aliphatic carbocycles. The SMILES string of the molecule is Cc1ccc(-n2c3ccc(C=O)cc3c3cn(C)nc32)cc1. The van der Waals surface area contributed by atoms with Gasteiger partial charge in [0.05, 0.1) is 5.52 Å². The van der Waals surface area contributed by atoms with Crippen LogP contribution in [0.15, 0.2) is 48.7 Å². The molecule has 0 N–H and O–H groups in total. The van der Waals surface area contributed by atoms with Crippen LogP contribution in [0.2, 0.25) is 0 Å². The van der Waals surface area contributed by atoms with E-state index >= 15 is 0 Å². The molecule has 0 atom stereocenters. The van der Waals surface area contributed by atoms with Crippen LogP contribution in [0.4, 0.5) is 0 Å². The van der Waals surface area contributed by atoms with Crippen molar-refractivity contribution in [3.8, 4) is 5.69 Å². The van der Waals surface area contributed by atoms with E-state index in [1.165, 1.54) is 5.56 Å². The zero-order valence-corrected chi connectivity index (χ0v) is 12.4. The van der Waals surface area contributed by atoms with Gasteiger partial charge in [-0.05, 0) is 37.3 Å². The Morgan fingerprint density at radius 1 is 1.05 bits per heavy atom.